The van der Waals surface area contributed by atoms with E-state index in [1.54, 1.807) is 6.07 Å². The molecule has 0 aromatic heterocycles. The highest BCUT2D eigenvalue weighted by Gasteiger charge is 2.16. The molecule has 2 N–H and O–H groups in total. The van der Waals surface area contributed by atoms with E-state index in [9.17, 15) is 0 Å². The van der Waals surface area contributed by atoms with Crippen molar-refractivity contribution in [2.45, 2.75) is 0 Å². The van der Waals surface area contributed by atoms with Crippen LogP contribution < -0.4 is 10.6 Å². The number of halogens is 2. The average molecular weight is 231 g/mol. The van der Waals surface area contributed by atoms with Crippen LogP contribution in [0, 0.1) is 5.92 Å². The van der Waals surface area contributed by atoms with Gasteiger partial charge in [-0.05, 0) is 12.1 Å². The number of benzene rings is 1. The molecule has 14 heavy (non-hydrogen) atoms. The molecule has 76 valence electrons. The average Bonchev–Trinajstić information content (AvgIpc) is 2.09. The molecule has 1 fully saturated rings. The molecular formula is C10H12Cl2N2. The summed E-state index contributed by atoms with van der Waals surface area (Å²) in [4.78, 5) is 0. The van der Waals surface area contributed by atoms with Crippen LogP contribution >= 0.6 is 23.2 Å². The summed E-state index contributed by atoms with van der Waals surface area (Å²) in [6.07, 6.45) is 0. The number of hydrogen-bond donors (Lipinski definition) is 2. The Morgan fingerprint density at radius 1 is 1.36 bits per heavy atom. The number of anilines is 1. The Kier molecular flexibility index (Phi) is 3.16. The Morgan fingerprint density at radius 2 is 2.14 bits per heavy atom. The maximum Gasteiger partial charge on any atom is 0.0823 e. The Hall–Kier alpha value is -0.440. The Morgan fingerprint density at radius 3 is 2.79 bits per heavy atom. The van der Waals surface area contributed by atoms with Gasteiger partial charge in [0.25, 0.3) is 0 Å². The molecule has 1 heterocycles. The molecule has 0 amide bonds. The molecular weight excluding hydrogens is 219 g/mol. The van der Waals surface area contributed by atoms with Crippen molar-refractivity contribution < 1.29 is 0 Å². The van der Waals surface area contributed by atoms with Crippen LogP contribution in [0.15, 0.2) is 18.2 Å². The molecule has 4 heteroatoms. The van der Waals surface area contributed by atoms with Crippen molar-refractivity contribution in [2.24, 2.45) is 5.92 Å². The molecule has 0 atom stereocenters. The highest BCUT2D eigenvalue weighted by Crippen LogP contribution is 2.29. The number of nitrogens with one attached hydrogen (secondary N) is 2. The van der Waals surface area contributed by atoms with Crippen LogP contribution in [-0.2, 0) is 0 Å². The van der Waals surface area contributed by atoms with E-state index in [0.717, 1.165) is 25.3 Å². The lowest BCUT2D eigenvalue weighted by Crippen LogP contribution is -2.45. The molecule has 1 aliphatic rings. The molecule has 0 spiro atoms. The fourth-order valence-electron chi connectivity index (χ4n) is 1.39. The van der Waals surface area contributed by atoms with Crippen molar-refractivity contribution in [3.05, 3.63) is 28.2 Å². The van der Waals surface area contributed by atoms with Crippen LogP contribution in [0.5, 0.6) is 0 Å². The summed E-state index contributed by atoms with van der Waals surface area (Å²) in [5, 5.41) is 7.74. The summed E-state index contributed by atoms with van der Waals surface area (Å²) < 4.78 is 0. The molecule has 0 radical (unpaired) electrons. The van der Waals surface area contributed by atoms with Gasteiger partial charge < -0.3 is 10.6 Å². The molecule has 0 saturated carbocycles. The SMILES string of the molecule is Clc1cccc(NCC2CNC2)c1Cl. The van der Waals surface area contributed by atoms with Crippen LogP contribution in [0.1, 0.15) is 0 Å². The summed E-state index contributed by atoms with van der Waals surface area (Å²) >= 11 is 11.9. The van der Waals surface area contributed by atoms with Crippen LogP contribution in [-0.4, -0.2) is 19.6 Å². The maximum atomic E-state index is 6.03. The largest absolute Gasteiger partial charge is 0.383 e. The second-order valence-corrected chi connectivity index (χ2v) is 4.29. The van der Waals surface area contributed by atoms with E-state index in [2.05, 4.69) is 10.6 Å². The number of hydrogen-bond acceptors (Lipinski definition) is 2. The van der Waals surface area contributed by atoms with Gasteiger partial charge in [-0.1, -0.05) is 29.3 Å². The molecule has 1 aromatic carbocycles. The first-order valence-electron chi connectivity index (χ1n) is 4.66. The van der Waals surface area contributed by atoms with Crippen molar-refractivity contribution in [1.82, 2.24) is 5.32 Å². The quantitative estimate of drug-likeness (QED) is 0.835. The van der Waals surface area contributed by atoms with Crippen molar-refractivity contribution in [1.29, 1.82) is 0 Å². The lowest BCUT2D eigenvalue weighted by atomic mass is 10.0. The number of rotatable bonds is 3. The van der Waals surface area contributed by atoms with Crippen LogP contribution in [0.3, 0.4) is 0 Å². The van der Waals surface area contributed by atoms with Gasteiger partial charge in [-0.3, -0.25) is 0 Å². The van der Waals surface area contributed by atoms with E-state index in [0.29, 0.717) is 16.0 Å². The standard InChI is InChI=1S/C10H12Cl2N2/c11-8-2-1-3-9(10(8)12)14-6-7-4-13-5-7/h1-3,7,13-14H,4-6H2. The first-order chi connectivity index (χ1) is 6.77. The first kappa shape index (κ1) is 10.1. The van der Waals surface area contributed by atoms with E-state index in [1.807, 2.05) is 12.1 Å². The summed E-state index contributed by atoms with van der Waals surface area (Å²) in [6.45, 7) is 3.13. The minimum absolute atomic E-state index is 0.600. The van der Waals surface area contributed by atoms with Gasteiger partial charge in [0.15, 0.2) is 0 Å². The fourth-order valence-corrected chi connectivity index (χ4v) is 1.75. The summed E-state index contributed by atoms with van der Waals surface area (Å²) in [7, 11) is 0. The minimum atomic E-state index is 0.600. The van der Waals surface area contributed by atoms with Gasteiger partial charge in [-0.2, -0.15) is 0 Å². The lowest BCUT2D eigenvalue weighted by Gasteiger charge is -2.27. The van der Waals surface area contributed by atoms with Gasteiger partial charge in [-0.15, -0.1) is 0 Å². The normalized spacial score (nSPS) is 16.4. The summed E-state index contributed by atoms with van der Waals surface area (Å²) in [6, 6.07) is 5.63. The third kappa shape index (κ3) is 2.14. The minimum Gasteiger partial charge on any atom is -0.383 e. The summed E-state index contributed by atoms with van der Waals surface area (Å²) in [5.41, 5.74) is 0.922. The van der Waals surface area contributed by atoms with Gasteiger partial charge in [-0.25, -0.2) is 0 Å². The maximum absolute atomic E-state index is 6.03. The van der Waals surface area contributed by atoms with Gasteiger partial charge in [0.05, 0.1) is 15.7 Å². The molecule has 1 aromatic rings. The zero-order chi connectivity index (χ0) is 9.97. The van der Waals surface area contributed by atoms with Crippen molar-refractivity contribution in [3.8, 4) is 0 Å². The zero-order valence-electron chi connectivity index (χ0n) is 7.69. The van der Waals surface area contributed by atoms with Gasteiger partial charge in [0.2, 0.25) is 0 Å². The van der Waals surface area contributed by atoms with Crippen LogP contribution in [0.2, 0.25) is 10.0 Å². The Balaban J connectivity index is 1.97. The molecule has 2 rings (SSSR count). The first-order valence-corrected chi connectivity index (χ1v) is 5.41. The zero-order valence-corrected chi connectivity index (χ0v) is 9.20. The summed E-state index contributed by atoms with van der Waals surface area (Å²) in [5.74, 6) is 0.713. The smallest absolute Gasteiger partial charge is 0.0823 e. The second kappa shape index (κ2) is 4.39. The topological polar surface area (TPSA) is 24.1 Å². The molecule has 1 saturated heterocycles. The molecule has 1 aliphatic heterocycles. The van der Waals surface area contributed by atoms with Crippen molar-refractivity contribution in [2.75, 3.05) is 25.0 Å². The molecule has 0 aliphatic carbocycles. The monoisotopic (exact) mass is 230 g/mol. The van der Waals surface area contributed by atoms with E-state index >= 15 is 0 Å². The lowest BCUT2D eigenvalue weighted by molar-refractivity contribution is 0.365. The Bertz CT molecular complexity index is 324. The predicted octanol–water partition coefficient (Wildman–Crippen LogP) is 2.62. The van der Waals surface area contributed by atoms with Crippen molar-refractivity contribution >= 4 is 28.9 Å². The predicted molar refractivity (Wildman–Crippen MR) is 61.3 cm³/mol. The van der Waals surface area contributed by atoms with E-state index in [1.165, 1.54) is 0 Å². The van der Waals surface area contributed by atoms with Crippen LogP contribution in [0.25, 0.3) is 0 Å². The van der Waals surface area contributed by atoms with Gasteiger partial charge >= 0.3 is 0 Å². The van der Waals surface area contributed by atoms with Gasteiger partial charge in [0, 0.05) is 25.6 Å². The van der Waals surface area contributed by atoms with E-state index in [-0.39, 0.29) is 0 Å². The molecule has 2 nitrogen and oxygen atoms in total. The third-order valence-corrected chi connectivity index (χ3v) is 3.22. The highest BCUT2D eigenvalue weighted by atomic mass is 35.5. The molecule has 0 bridgehead atoms. The van der Waals surface area contributed by atoms with Crippen LogP contribution in [0.4, 0.5) is 5.69 Å². The van der Waals surface area contributed by atoms with Crippen molar-refractivity contribution in [3.63, 3.8) is 0 Å². The van der Waals surface area contributed by atoms with Gasteiger partial charge in [0.1, 0.15) is 0 Å². The second-order valence-electron chi connectivity index (χ2n) is 3.51. The molecule has 0 unspecified atom stereocenters. The fraction of sp³-hybridized carbons (Fsp3) is 0.400. The highest BCUT2D eigenvalue weighted by molar-refractivity contribution is 6.43. The Labute approximate surface area is 93.6 Å². The van der Waals surface area contributed by atoms with E-state index < -0.39 is 0 Å². The third-order valence-electron chi connectivity index (χ3n) is 2.40. The van der Waals surface area contributed by atoms with E-state index in [4.69, 9.17) is 23.2 Å².